The number of anilines is 1. The molecule has 7 nitrogen and oxygen atoms in total. The number of benzene rings is 1. The average molecular weight is 328 g/mol. The summed E-state index contributed by atoms with van der Waals surface area (Å²) in [6, 6.07) is 4.30. The number of aliphatic hydroxyl groups is 1. The van der Waals surface area contributed by atoms with Crippen LogP contribution in [0.1, 0.15) is 5.56 Å². The van der Waals surface area contributed by atoms with Gasteiger partial charge in [-0.05, 0) is 18.2 Å². The summed E-state index contributed by atoms with van der Waals surface area (Å²) in [6.45, 7) is -0.730. The maximum Gasteiger partial charge on any atom is 0.328 e. The average Bonchev–Trinajstić information content (AvgIpc) is 2.35. The Balaban J connectivity index is 2.80. The molecule has 1 aromatic carbocycles. The van der Waals surface area contributed by atoms with E-state index in [4.69, 9.17) is 15.5 Å². The van der Waals surface area contributed by atoms with Gasteiger partial charge >= 0.3 is 12.0 Å². The van der Waals surface area contributed by atoms with Crippen molar-refractivity contribution >= 4 is 33.6 Å². The highest BCUT2D eigenvalue weighted by Gasteiger charge is 2.19. The Morgan fingerprint density at radius 2 is 2.16 bits per heavy atom. The fourth-order valence-corrected chi connectivity index (χ4v) is 1.58. The van der Waals surface area contributed by atoms with Gasteiger partial charge in [-0.25, -0.2) is 9.59 Å². The van der Waals surface area contributed by atoms with Gasteiger partial charge in [0.05, 0.1) is 17.9 Å². The molecule has 0 aliphatic carbocycles. The first-order valence-electron chi connectivity index (χ1n) is 5.08. The molecule has 0 aliphatic rings. The summed E-state index contributed by atoms with van der Waals surface area (Å²) in [5.41, 5.74) is 0.464. The second-order valence-electron chi connectivity index (χ2n) is 3.47. The normalized spacial score (nSPS) is 11.2. The molecule has 0 heterocycles. The molecule has 1 atom stereocenters. The van der Waals surface area contributed by atoms with Gasteiger partial charge in [0, 0.05) is 4.47 Å². The first kappa shape index (κ1) is 14.9. The molecule has 0 aromatic heterocycles. The number of aliphatic hydroxyl groups excluding tert-OH is 1. The molecule has 0 aliphatic heterocycles. The van der Waals surface area contributed by atoms with Crippen LogP contribution in [0.15, 0.2) is 22.7 Å². The maximum absolute atomic E-state index is 11.5. The quantitative estimate of drug-likeness (QED) is 0.654. The highest BCUT2D eigenvalue weighted by atomic mass is 79.9. The summed E-state index contributed by atoms with van der Waals surface area (Å²) in [6.07, 6.45) is 0. The van der Waals surface area contributed by atoms with Crippen molar-refractivity contribution in [3.8, 4) is 6.07 Å². The number of nitrogens with one attached hydrogen (secondary N) is 2. The minimum Gasteiger partial charge on any atom is -0.480 e. The molecule has 1 rings (SSSR count). The van der Waals surface area contributed by atoms with E-state index in [0.717, 1.165) is 0 Å². The van der Waals surface area contributed by atoms with E-state index in [9.17, 15) is 9.59 Å². The van der Waals surface area contributed by atoms with Crippen molar-refractivity contribution < 1.29 is 19.8 Å². The maximum atomic E-state index is 11.5. The first-order valence-corrected chi connectivity index (χ1v) is 5.88. The molecule has 2 amide bonds. The number of halogens is 1. The largest absolute Gasteiger partial charge is 0.480 e. The third-order valence-corrected chi connectivity index (χ3v) is 2.63. The third kappa shape index (κ3) is 4.24. The van der Waals surface area contributed by atoms with E-state index in [2.05, 4.69) is 26.6 Å². The highest BCUT2D eigenvalue weighted by molar-refractivity contribution is 9.10. The number of nitrogens with zero attached hydrogens (tertiary/aromatic N) is 1. The van der Waals surface area contributed by atoms with Crippen molar-refractivity contribution in [2.24, 2.45) is 0 Å². The smallest absolute Gasteiger partial charge is 0.328 e. The summed E-state index contributed by atoms with van der Waals surface area (Å²) in [5.74, 6) is -1.35. The third-order valence-electron chi connectivity index (χ3n) is 2.14. The number of hydrogen-bond donors (Lipinski definition) is 4. The van der Waals surface area contributed by atoms with Crippen LogP contribution in [0.4, 0.5) is 10.5 Å². The second kappa shape index (κ2) is 6.72. The van der Waals surface area contributed by atoms with Crippen LogP contribution in [-0.4, -0.2) is 34.9 Å². The molecule has 0 saturated heterocycles. The van der Waals surface area contributed by atoms with Crippen LogP contribution in [-0.2, 0) is 4.79 Å². The molecule has 19 heavy (non-hydrogen) atoms. The lowest BCUT2D eigenvalue weighted by atomic mass is 10.2. The fraction of sp³-hybridized carbons (Fsp3) is 0.182. The molecule has 0 unspecified atom stereocenters. The van der Waals surface area contributed by atoms with Crippen molar-refractivity contribution in [1.29, 1.82) is 5.26 Å². The van der Waals surface area contributed by atoms with E-state index in [1.165, 1.54) is 12.1 Å². The van der Waals surface area contributed by atoms with Crippen molar-refractivity contribution in [2.45, 2.75) is 6.04 Å². The molecule has 1 aromatic rings. The lowest BCUT2D eigenvalue weighted by Gasteiger charge is -2.13. The summed E-state index contributed by atoms with van der Waals surface area (Å²) in [4.78, 5) is 22.2. The molecule has 8 heteroatoms. The van der Waals surface area contributed by atoms with Crippen LogP contribution in [0.25, 0.3) is 0 Å². The van der Waals surface area contributed by atoms with Crippen LogP contribution in [0.5, 0.6) is 0 Å². The molecule has 0 saturated carbocycles. The summed E-state index contributed by atoms with van der Waals surface area (Å²) >= 11 is 3.19. The van der Waals surface area contributed by atoms with E-state index in [1.54, 1.807) is 6.07 Å². The van der Waals surface area contributed by atoms with Gasteiger partial charge in [0.2, 0.25) is 0 Å². The standard InChI is InChI=1S/C11H10BrN3O4/c12-7-2-1-6(4-13)8(3-7)14-11(19)15-9(5-16)10(17)18/h1-3,9,16H,5H2,(H,17,18)(H2,14,15,19)/t9-/m1/s1. The van der Waals surface area contributed by atoms with E-state index >= 15 is 0 Å². The molecule has 0 spiro atoms. The Kier molecular flexibility index (Phi) is 5.29. The molecule has 100 valence electrons. The number of carbonyl (C=O) groups excluding carboxylic acids is 1. The van der Waals surface area contributed by atoms with Crippen molar-refractivity contribution in [3.63, 3.8) is 0 Å². The Morgan fingerprint density at radius 3 is 2.68 bits per heavy atom. The summed E-state index contributed by atoms with van der Waals surface area (Å²) < 4.78 is 0.652. The predicted octanol–water partition coefficient (Wildman–Crippen LogP) is 0.888. The zero-order chi connectivity index (χ0) is 14.4. The van der Waals surface area contributed by atoms with Gasteiger partial charge in [-0.1, -0.05) is 15.9 Å². The number of aliphatic carboxylic acids is 1. The van der Waals surface area contributed by atoms with Crippen LogP contribution in [0.3, 0.4) is 0 Å². The van der Waals surface area contributed by atoms with Crippen LogP contribution >= 0.6 is 15.9 Å². The molecule has 4 N–H and O–H groups in total. The SMILES string of the molecule is N#Cc1ccc(Br)cc1NC(=O)N[C@H](CO)C(=O)O. The Hall–Kier alpha value is -2.11. The van der Waals surface area contributed by atoms with Crippen molar-refractivity contribution in [1.82, 2.24) is 5.32 Å². The van der Waals surface area contributed by atoms with Gasteiger partial charge in [-0.3, -0.25) is 0 Å². The van der Waals surface area contributed by atoms with E-state index in [0.29, 0.717) is 4.47 Å². The zero-order valence-corrected chi connectivity index (χ0v) is 11.1. The van der Waals surface area contributed by atoms with Gasteiger partial charge in [0.15, 0.2) is 6.04 Å². The Bertz CT molecular complexity index is 541. The van der Waals surface area contributed by atoms with Gasteiger partial charge in [0.25, 0.3) is 0 Å². The van der Waals surface area contributed by atoms with E-state index in [-0.39, 0.29) is 11.3 Å². The van der Waals surface area contributed by atoms with Gasteiger partial charge in [-0.2, -0.15) is 5.26 Å². The first-order chi connectivity index (χ1) is 8.97. The minimum absolute atomic E-state index is 0.231. The number of hydrogen-bond acceptors (Lipinski definition) is 4. The van der Waals surface area contributed by atoms with E-state index < -0.39 is 24.6 Å². The Labute approximate surface area is 117 Å². The summed E-state index contributed by atoms with van der Waals surface area (Å²) in [5, 5.41) is 30.7. The van der Waals surface area contributed by atoms with Gasteiger partial charge < -0.3 is 20.8 Å². The lowest BCUT2D eigenvalue weighted by molar-refractivity contribution is -0.140. The van der Waals surface area contributed by atoms with Crippen LogP contribution in [0.2, 0.25) is 0 Å². The number of carbonyl (C=O) groups is 2. The van der Waals surface area contributed by atoms with E-state index in [1.807, 2.05) is 6.07 Å². The van der Waals surface area contributed by atoms with Gasteiger partial charge in [0.1, 0.15) is 6.07 Å². The monoisotopic (exact) mass is 327 g/mol. The molecule has 0 radical (unpaired) electrons. The lowest BCUT2D eigenvalue weighted by Crippen LogP contribution is -2.45. The number of nitriles is 1. The number of amides is 2. The van der Waals surface area contributed by atoms with Gasteiger partial charge in [-0.15, -0.1) is 0 Å². The number of carboxylic acid groups (broad SMARTS) is 1. The number of carboxylic acids is 1. The predicted molar refractivity (Wildman–Crippen MR) is 69.5 cm³/mol. The fourth-order valence-electron chi connectivity index (χ4n) is 1.22. The van der Waals surface area contributed by atoms with Crippen molar-refractivity contribution in [2.75, 3.05) is 11.9 Å². The highest BCUT2D eigenvalue weighted by Crippen LogP contribution is 2.20. The molecular weight excluding hydrogens is 318 g/mol. The number of urea groups is 1. The van der Waals surface area contributed by atoms with Crippen LogP contribution < -0.4 is 10.6 Å². The minimum atomic E-state index is -1.40. The Morgan fingerprint density at radius 1 is 1.47 bits per heavy atom. The topological polar surface area (TPSA) is 122 Å². The summed E-state index contributed by atoms with van der Waals surface area (Å²) in [7, 11) is 0. The van der Waals surface area contributed by atoms with Crippen LogP contribution in [0, 0.1) is 11.3 Å². The number of rotatable bonds is 4. The zero-order valence-electron chi connectivity index (χ0n) is 9.55. The molecular formula is C11H10BrN3O4. The second-order valence-corrected chi connectivity index (χ2v) is 4.39. The molecule has 0 fully saturated rings. The molecule has 0 bridgehead atoms. The van der Waals surface area contributed by atoms with Crippen molar-refractivity contribution in [3.05, 3.63) is 28.2 Å².